The zero-order valence-electron chi connectivity index (χ0n) is 18.3. The van der Waals surface area contributed by atoms with Crippen molar-refractivity contribution in [1.82, 2.24) is 4.90 Å². The fourth-order valence-electron chi connectivity index (χ4n) is 5.58. The molecule has 1 saturated carbocycles. The molecule has 5 unspecified atom stereocenters. The van der Waals surface area contributed by atoms with Crippen molar-refractivity contribution in [3.8, 4) is 0 Å². The van der Waals surface area contributed by atoms with Crippen molar-refractivity contribution in [2.45, 2.75) is 25.8 Å². The van der Waals surface area contributed by atoms with E-state index in [4.69, 9.17) is 0 Å². The molecule has 5 rings (SSSR count). The fourth-order valence-corrected chi connectivity index (χ4v) is 6.00. The highest BCUT2D eigenvalue weighted by molar-refractivity contribution is 9.10. The van der Waals surface area contributed by atoms with Crippen LogP contribution in [-0.2, 0) is 14.4 Å². The van der Waals surface area contributed by atoms with Gasteiger partial charge in [-0.05, 0) is 54.5 Å². The number of anilines is 1. The van der Waals surface area contributed by atoms with E-state index in [-0.39, 0.29) is 53.5 Å². The maximum Gasteiger partial charge on any atom is 0.269 e. The van der Waals surface area contributed by atoms with Crippen molar-refractivity contribution in [1.29, 1.82) is 0 Å². The molecular formula is C25H22BrN3O5. The molecule has 3 amide bonds. The Labute approximate surface area is 204 Å². The molecule has 1 saturated heterocycles. The van der Waals surface area contributed by atoms with Gasteiger partial charge in [0.2, 0.25) is 17.7 Å². The first kappa shape index (κ1) is 22.5. The lowest BCUT2D eigenvalue weighted by Gasteiger charge is -2.28. The monoisotopic (exact) mass is 523 g/mol. The van der Waals surface area contributed by atoms with Crippen LogP contribution in [0.1, 0.15) is 30.0 Å². The number of hydrogen-bond donors (Lipinski definition) is 1. The van der Waals surface area contributed by atoms with Crippen molar-refractivity contribution in [3.63, 3.8) is 0 Å². The number of likely N-dealkylation sites (tertiary alicyclic amines) is 1. The van der Waals surface area contributed by atoms with E-state index >= 15 is 0 Å². The molecule has 1 aliphatic heterocycles. The molecule has 1 heterocycles. The van der Waals surface area contributed by atoms with Crippen LogP contribution in [0.5, 0.6) is 0 Å². The van der Waals surface area contributed by atoms with Crippen LogP contribution in [-0.4, -0.2) is 27.5 Å². The van der Waals surface area contributed by atoms with Crippen LogP contribution < -0.4 is 5.32 Å². The number of imide groups is 1. The Morgan fingerprint density at radius 1 is 1.15 bits per heavy atom. The minimum absolute atomic E-state index is 0.0643. The number of nitrogens with one attached hydrogen (secondary N) is 1. The Morgan fingerprint density at radius 3 is 2.41 bits per heavy atom. The highest BCUT2D eigenvalue weighted by Gasteiger charge is 2.60. The molecular weight excluding hydrogens is 502 g/mol. The quantitative estimate of drug-likeness (QED) is 0.258. The van der Waals surface area contributed by atoms with E-state index in [1.807, 2.05) is 30.4 Å². The average molecular weight is 524 g/mol. The minimum atomic E-state index is -0.749. The van der Waals surface area contributed by atoms with Gasteiger partial charge in [-0.2, -0.15) is 0 Å². The van der Waals surface area contributed by atoms with Gasteiger partial charge < -0.3 is 5.32 Å². The first-order valence-electron chi connectivity index (χ1n) is 11.1. The summed E-state index contributed by atoms with van der Waals surface area (Å²) >= 11 is 3.44. The second-order valence-corrected chi connectivity index (χ2v) is 10.0. The Bertz CT molecular complexity index is 1230. The van der Waals surface area contributed by atoms with Gasteiger partial charge in [0, 0.05) is 22.3 Å². The molecule has 2 bridgehead atoms. The zero-order chi connectivity index (χ0) is 24.1. The van der Waals surface area contributed by atoms with Crippen LogP contribution in [0.3, 0.4) is 0 Å². The van der Waals surface area contributed by atoms with Crippen molar-refractivity contribution in [2.24, 2.45) is 23.7 Å². The third kappa shape index (κ3) is 3.73. The third-order valence-electron chi connectivity index (χ3n) is 7.12. The standard InChI is InChI=1S/C25H22BrN3O5/c1-13-9-18(29(33)34)7-8-19(13)27-21(30)12-20(14-3-2-4-17(26)11-14)28-24(31)22-15-5-6-16(10-15)23(22)25(28)32/h2-9,11,15-16,20,22-23H,10,12H2,1H3,(H,27,30). The Hall–Kier alpha value is -3.33. The van der Waals surface area contributed by atoms with Crippen molar-refractivity contribution < 1.29 is 19.3 Å². The third-order valence-corrected chi connectivity index (χ3v) is 7.62. The lowest BCUT2D eigenvalue weighted by molar-refractivity contribution is -0.384. The summed E-state index contributed by atoms with van der Waals surface area (Å²) in [6, 6.07) is 10.7. The lowest BCUT2D eigenvalue weighted by atomic mass is 9.85. The molecule has 8 nitrogen and oxygen atoms in total. The van der Waals surface area contributed by atoms with Gasteiger partial charge in [-0.3, -0.25) is 29.4 Å². The highest BCUT2D eigenvalue weighted by Crippen LogP contribution is 2.54. The molecule has 174 valence electrons. The Balaban J connectivity index is 1.43. The molecule has 0 radical (unpaired) electrons. The number of rotatable bonds is 6. The summed E-state index contributed by atoms with van der Waals surface area (Å²) in [7, 11) is 0. The number of non-ortho nitro benzene ring substituents is 1. The average Bonchev–Trinajstić information content (AvgIpc) is 3.47. The van der Waals surface area contributed by atoms with Gasteiger partial charge in [0.25, 0.3) is 5.69 Å². The number of benzene rings is 2. The summed E-state index contributed by atoms with van der Waals surface area (Å²) in [6.07, 6.45) is 4.80. The van der Waals surface area contributed by atoms with Gasteiger partial charge in [-0.1, -0.05) is 40.2 Å². The van der Waals surface area contributed by atoms with Crippen molar-refractivity contribution in [3.05, 3.63) is 80.3 Å². The van der Waals surface area contributed by atoms with E-state index in [0.29, 0.717) is 16.8 Å². The topological polar surface area (TPSA) is 110 Å². The van der Waals surface area contributed by atoms with Gasteiger partial charge >= 0.3 is 0 Å². The highest BCUT2D eigenvalue weighted by atomic mass is 79.9. The summed E-state index contributed by atoms with van der Waals surface area (Å²) in [5.41, 5.74) is 1.62. The van der Waals surface area contributed by atoms with E-state index < -0.39 is 11.0 Å². The van der Waals surface area contributed by atoms with E-state index in [9.17, 15) is 24.5 Å². The molecule has 2 aromatic carbocycles. The molecule has 2 fully saturated rings. The van der Waals surface area contributed by atoms with Gasteiger partial charge in [0.1, 0.15) is 0 Å². The number of amides is 3. The molecule has 1 N–H and O–H groups in total. The molecule has 34 heavy (non-hydrogen) atoms. The largest absolute Gasteiger partial charge is 0.326 e. The van der Waals surface area contributed by atoms with Crippen LogP contribution in [0.4, 0.5) is 11.4 Å². The SMILES string of the molecule is Cc1cc([N+](=O)[O-])ccc1NC(=O)CC(c1cccc(Br)c1)N1C(=O)C2C3C=CC(C3)C2C1=O. The lowest BCUT2D eigenvalue weighted by Crippen LogP contribution is -2.38. The predicted molar refractivity (Wildman–Crippen MR) is 128 cm³/mol. The summed E-state index contributed by atoms with van der Waals surface area (Å²) in [4.78, 5) is 51.8. The van der Waals surface area contributed by atoms with Gasteiger partial charge in [0.05, 0.1) is 29.2 Å². The summed E-state index contributed by atoms with van der Waals surface area (Å²) in [6.45, 7) is 1.67. The minimum Gasteiger partial charge on any atom is -0.326 e. The van der Waals surface area contributed by atoms with Gasteiger partial charge in [-0.15, -0.1) is 0 Å². The number of aryl methyl sites for hydroxylation is 1. The van der Waals surface area contributed by atoms with Crippen LogP contribution in [0.15, 0.2) is 59.1 Å². The molecule has 2 aromatic rings. The van der Waals surface area contributed by atoms with E-state index in [2.05, 4.69) is 21.2 Å². The Morgan fingerprint density at radius 2 is 1.82 bits per heavy atom. The Kier molecular flexibility index (Phi) is 5.59. The van der Waals surface area contributed by atoms with Crippen LogP contribution in [0.2, 0.25) is 0 Å². The molecule has 3 aliphatic rings. The molecule has 2 aliphatic carbocycles. The van der Waals surface area contributed by atoms with Crippen molar-refractivity contribution >= 4 is 45.0 Å². The molecule has 9 heteroatoms. The maximum absolute atomic E-state index is 13.4. The van der Waals surface area contributed by atoms with Crippen LogP contribution >= 0.6 is 15.9 Å². The number of carbonyl (C=O) groups is 3. The summed E-state index contributed by atoms with van der Waals surface area (Å²) < 4.78 is 0.780. The second-order valence-electron chi connectivity index (χ2n) is 9.13. The first-order valence-corrected chi connectivity index (χ1v) is 11.9. The number of halogens is 1. The number of nitrogens with zero attached hydrogens (tertiary/aromatic N) is 2. The number of carbonyl (C=O) groups excluding carboxylic acids is 3. The number of allylic oxidation sites excluding steroid dienone is 2. The number of hydrogen-bond acceptors (Lipinski definition) is 5. The molecule has 0 aromatic heterocycles. The van der Waals surface area contributed by atoms with E-state index in [1.165, 1.54) is 23.1 Å². The summed E-state index contributed by atoms with van der Waals surface area (Å²) in [5, 5.41) is 13.8. The smallest absolute Gasteiger partial charge is 0.269 e. The number of fused-ring (bicyclic) bond motifs is 5. The van der Waals surface area contributed by atoms with Gasteiger partial charge in [-0.25, -0.2) is 0 Å². The van der Waals surface area contributed by atoms with Gasteiger partial charge in [0.15, 0.2) is 0 Å². The normalized spacial score (nSPS) is 25.5. The zero-order valence-corrected chi connectivity index (χ0v) is 19.9. The first-order chi connectivity index (χ1) is 16.2. The molecule has 0 spiro atoms. The second kappa shape index (κ2) is 8.47. The maximum atomic E-state index is 13.4. The number of nitro benzene ring substituents is 1. The van der Waals surface area contributed by atoms with E-state index in [0.717, 1.165) is 10.9 Å². The number of nitro groups is 1. The summed E-state index contributed by atoms with van der Waals surface area (Å²) in [5.74, 6) is -1.35. The van der Waals surface area contributed by atoms with Crippen molar-refractivity contribution in [2.75, 3.05) is 5.32 Å². The van der Waals surface area contributed by atoms with Crippen LogP contribution in [0, 0.1) is 40.7 Å². The predicted octanol–water partition coefficient (Wildman–Crippen LogP) is 4.54. The molecule has 5 atom stereocenters. The van der Waals surface area contributed by atoms with Crippen LogP contribution in [0.25, 0.3) is 0 Å². The van der Waals surface area contributed by atoms with E-state index in [1.54, 1.807) is 13.0 Å². The fraction of sp³-hybridized carbons (Fsp3) is 0.320.